The minimum absolute atomic E-state index is 0.242. The van der Waals surface area contributed by atoms with Gasteiger partial charge in [-0.2, -0.15) is 5.26 Å². The maximum Gasteiger partial charge on any atom is 0.147 e. The van der Waals surface area contributed by atoms with Gasteiger partial charge >= 0.3 is 0 Å². The molecule has 0 aromatic carbocycles. The number of aromatic nitrogens is 2. The van der Waals surface area contributed by atoms with Gasteiger partial charge in [0.1, 0.15) is 11.2 Å². The zero-order valence-electron chi connectivity index (χ0n) is 8.78. The highest BCUT2D eigenvalue weighted by molar-refractivity contribution is 7.98. The lowest BCUT2D eigenvalue weighted by atomic mass is 10.1. The molecule has 2 aromatic rings. The smallest absolute Gasteiger partial charge is 0.147 e. The Bertz CT molecular complexity index is 604. The SMILES string of the molecule is CSc1cc2c(C)c(C#N)c(Cl)nc2cn1. The summed E-state index contributed by atoms with van der Waals surface area (Å²) in [5.74, 6) is 0. The average molecular weight is 250 g/mol. The predicted molar refractivity (Wildman–Crippen MR) is 65.8 cm³/mol. The van der Waals surface area contributed by atoms with Gasteiger partial charge in [0, 0.05) is 5.39 Å². The first-order valence-electron chi connectivity index (χ1n) is 4.57. The highest BCUT2D eigenvalue weighted by atomic mass is 35.5. The summed E-state index contributed by atoms with van der Waals surface area (Å²) in [6.45, 7) is 1.87. The van der Waals surface area contributed by atoms with Gasteiger partial charge in [0.2, 0.25) is 0 Å². The molecule has 2 rings (SSSR count). The van der Waals surface area contributed by atoms with Crippen molar-refractivity contribution in [2.24, 2.45) is 0 Å². The molecule has 16 heavy (non-hydrogen) atoms. The first-order chi connectivity index (χ1) is 7.67. The van der Waals surface area contributed by atoms with E-state index < -0.39 is 0 Å². The zero-order chi connectivity index (χ0) is 11.7. The van der Waals surface area contributed by atoms with Crippen LogP contribution in [0.15, 0.2) is 17.3 Å². The van der Waals surface area contributed by atoms with Crippen LogP contribution in [0.4, 0.5) is 0 Å². The molecule has 2 heterocycles. The van der Waals surface area contributed by atoms with Crippen LogP contribution in [0, 0.1) is 18.3 Å². The van der Waals surface area contributed by atoms with Gasteiger partial charge in [0.25, 0.3) is 0 Å². The molecule has 80 valence electrons. The lowest BCUT2D eigenvalue weighted by molar-refractivity contribution is 1.14. The van der Waals surface area contributed by atoms with E-state index in [-0.39, 0.29) is 5.15 Å². The molecule has 0 unspecified atom stereocenters. The highest BCUT2D eigenvalue weighted by Crippen LogP contribution is 2.26. The molecule has 0 N–H and O–H groups in total. The number of nitriles is 1. The molecule has 0 radical (unpaired) electrons. The van der Waals surface area contributed by atoms with Crippen molar-refractivity contribution in [3.8, 4) is 6.07 Å². The number of nitrogens with zero attached hydrogens (tertiary/aromatic N) is 3. The molecule has 0 saturated carbocycles. The third kappa shape index (κ3) is 1.73. The van der Waals surface area contributed by atoms with Crippen LogP contribution >= 0.6 is 23.4 Å². The van der Waals surface area contributed by atoms with Gasteiger partial charge in [-0.25, -0.2) is 9.97 Å². The van der Waals surface area contributed by atoms with E-state index in [9.17, 15) is 0 Å². The summed E-state index contributed by atoms with van der Waals surface area (Å²) in [4.78, 5) is 8.38. The molecule has 0 bridgehead atoms. The quantitative estimate of drug-likeness (QED) is 0.575. The fourth-order valence-electron chi connectivity index (χ4n) is 1.51. The van der Waals surface area contributed by atoms with Crippen molar-refractivity contribution in [1.82, 2.24) is 9.97 Å². The maximum absolute atomic E-state index is 8.99. The van der Waals surface area contributed by atoms with E-state index in [2.05, 4.69) is 16.0 Å². The van der Waals surface area contributed by atoms with Crippen molar-refractivity contribution in [3.63, 3.8) is 0 Å². The van der Waals surface area contributed by atoms with Crippen molar-refractivity contribution in [2.45, 2.75) is 11.9 Å². The normalized spacial score (nSPS) is 10.4. The molecular weight excluding hydrogens is 242 g/mol. The van der Waals surface area contributed by atoms with Crippen LogP contribution in [0.1, 0.15) is 11.1 Å². The van der Waals surface area contributed by atoms with Crippen molar-refractivity contribution in [1.29, 1.82) is 5.26 Å². The molecule has 0 aliphatic heterocycles. The van der Waals surface area contributed by atoms with Crippen LogP contribution in [0.3, 0.4) is 0 Å². The van der Waals surface area contributed by atoms with E-state index in [0.717, 1.165) is 21.5 Å². The van der Waals surface area contributed by atoms with Crippen molar-refractivity contribution >= 4 is 34.3 Å². The maximum atomic E-state index is 8.99. The van der Waals surface area contributed by atoms with E-state index in [0.29, 0.717) is 5.56 Å². The standard InChI is InChI=1S/C11H8ClN3S/c1-6-7-3-10(16-2)14-5-9(7)15-11(12)8(6)4-13/h3,5H,1-2H3. The van der Waals surface area contributed by atoms with Gasteiger partial charge in [-0.15, -0.1) is 11.8 Å². The van der Waals surface area contributed by atoms with Gasteiger partial charge < -0.3 is 0 Å². The highest BCUT2D eigenvalue weighted by Gasteiger charge is 2.10. The monoisotopic (exact) mass is 249 g/mol. The fraction of sp³-hybridized carbons (Fsp3) is 0.182. The Balaban J connectivity index is 2.85. The molecule has 0 fully saturated rings. The molecule has 0 spiro atoms. The second kappa shape index (κ2) is 4.28. The molecule has 2 aromatic heterocycles. The third-order valence-corrected chi connectivity index (χ3v) is 3.30. The minimum atomic E-state index is 0.242. The number of pyridine rings is 2. The van der Waals surface area contributed by atoms with Crippen molar-refractivity contribution < 1.29 is 0 Å². The molecule has 0 atom stereocenters. The number of hydrogen-bond donors (Lipinski definition) is 0. The fourth-order valence-corrected chi connectivity index (χ4v) is 2.18. The molecule has 0 aliphatic rings. The summed E-state index contributed by atoms with van der Waals surface area (Å²) in [7, 11) is 0. The van der Waals surface area contributed by atoms with Crippen LogP contribution in [0.25, 0.3) is 10.9 Å². The molecule has 0 saturated heterocycles. The summed E-state index contributed by atoms with van der Waals surface area (Å²) >= 11 is 7.47. The molecule has 0 aliphatic carbocycles. The summed E-state index contributed by atoms with van der Waals surface area (Å²) in [5, 5.41) is 11.1. The zero-order valence-corrected chi connectivity index (χ0v) is 10.4. The van der Waals surface area contributed by atoms with Crippen LogP contribution in [0.2, 0.25) is 5.15 Å². The van der Waals surface area contributed by atoms with Crippen LogP contribution < -0.4 is 0 Å². The van der Waals surface area contributed by atoms with E-state index in [1.807, 2.05) is 19.2 Å². The molecule has 5 heteroatoms. The number of fused-ring (bicyclic) bond motifs is 1. The number of rotatable bonds is 1. The molecular formula is C11H8ClN3S. The first kappa shape index (κ1) is 11.2. The Labute approximate surface area is 102 Å². The summed E-state index contributed by atoms with van der Waals surface area (Å²) < 4.78 is 0. The van der Waals surface area contributed by atoms with Crippen LogP contribution in [0.5, 0.6) is 0 Å². The topological polar surface area (TPSA) is 49.6 Å². The van der Waals surface area contributed by atoms with E-state index >= 15 is 0 Å². The summed E-state index contributed by atoms with van der Waals surface area (Å²) in [5.41, 5.74) is 2.02. The number of hydrogen-bond acceptors (Lipinski definition) is 4. The van der Waals surface area contributed by atoms with Crippen LogP contribution in [-0.2, 0) is 0 Å². The first-order valence-corrected chi connectivity index (χ1v) is 6.17. The Kier molecular flexibility index (Phi) is 2.99. The van der Waals surface area contributed by atoms with Gasteiger partial charge in [-0.1, -0.05) is 11.6 Å². The predicted octanol–water partition coefficient (Wildman–Crippen LogP) is 3.19. The van der Waals surface area contributed by atoms with Crippen molar-refractivity contribution in [3.05, 3.63) is 28.5 Å². The Morgan fingerprint density at radius 3 is 2.88 bits per heavy atom. The van der Waals surface area contributed by atoms with Gasteiger partial charge in [-0.3, -0.25) is 0 Å². The lowest BCUT2D eigenvalue weighted by Crippen LogP contribution is -1.93. The Morgan fingerprint density at radius 2 is 2.25 bits per heavy atom. The van der Waals surface area contributed by atoms with Crippen LogP contribution in [-0.4, -0.2) is 16.2 Å². The average Bonchev–Trinajstić information content (AvgIpc) is 2.29. The lowest BCUT2D eigenvalue weighted by Gasteiger charge is -2.06. The Morgan fingerprint density at radius 1 is 1.50 bits per heavy atom. The Hall–Kier alpha value is -1.31. The summed E-state index contributed by atoms with van der Waals surface area (Å²) in [6, 6.07) is 4.00. The van der Waals surface area contributed by atoms with E-state index in [1.165, 1.54) is 0 Å². The molecule has 3 nitrogen and oxygen atoms in total. The third-order valence-electron chi connectivity index (χ3n) is 2.38. The van der Waals surface area contributed by atoms with Gasteiger partial charge in [0.05, 0.1) is 22.3 Å². The minimum Gasteiger partial charge on any atom is -0.248 e. The molecule has 0 amide bonds. The number of halogens is 1. The van der Waals surface area contributed by atoms with Gasteiger partial charge in [-0.05, 0) is 24.8 Å². The second-order valence-electron chi connectivity index (χ2n) is 3.26. The number of aryl methyl sites for hydroxylation is 1. The second-order valence-corrected chi connectivity index (χ2v) is 4.44. The van der Waals surface area contributed by atoms with E-state index in [1.54, 1.807) is 18.0 Å². The number of thioether (sulfide) groups is 1. The van der Waals surface area contributed by atoms with E-state index in [4.69, 9.17) is 16.9 Å². The van der Waals surface area contributed by atoms with Gasteiger partial charge in [0.15, 0.2) is 0 Å². The largest absolute Gasteiger partial charge is 0.248 e. The van der Waals surface area contributed by atoms with Crippen molar-refractivity contribution in [2.75, 3.05) is 6.26 Å². The summed E-state index contributed by atoms with van der Waals surface area (Å²) in [6.07, 6.45) is 3.64.